The lowest BCUT2D eigenvalue weighted by Gasteiger charge is -2.49. The van der Waals surface area contributed by atoms with E-state index in [2.05, 4.69) is 25.7 Å². The third-order valence-corrected chi connectivity index (χ3v) is 9.79. The van der Waals surface area contributed by atoms with Crippen molar-refractivity contribution in [3.8, 4) is 6.07 Å². The van der Waals surface area contributed by atoms with Crippen molar-refractivity contribution in [3.05, 3.63) is 27.4 Å². The van der Waals surface area contributed by atoms with E-state index in [1.165, 1.54) is 24.3 Å². The van der Waals surface area contributed by atoms with Crippen LogP contribution in [0.4, 0.5) is 5.13 Å². The molecule has 4 heterocycles. The number of anilines is 1. The number of thiocarbonyl (C=S) groups is 1. The quantitative estimate of drug-likeness (QED) is 0.0444. The second-order valence-electron chi connectivity index (χ2n) is 7.47. The highest BCUT2D eigenvalue weighted by atomic mass is 32.2. The molecule has 0 aromatic carbocycles. The first-order valence-electron chi connectivity index (χ1n) is 10.4. The molecule has 0 aliphatic carbocycles. The number of hydrogen-bond donors (Lipinski definition) is 5. The Morgan fingerprint density at radius 2 is 2.23 bits per heavy atom. The Balaban J connectivity index is 1.54. The predicted molar refractivity (Wildman–Crippen MR) is 149 cm³/mol. The van der Waals surface area contributed by atoms with Crippen LogP contribution in [0.1, 0.15) is 10.7 Å². The Hall–Kier alpha value is -3.64. The van der Waals surface area contributed by atoms with E-state index in [-0.39, 0.29) is 49.3 Å². The number of thiazole rings is 1. The fourth-order valence-corrected chi connectivity index (χ4v) is 7.49. The number of nitrogens with one attached hydrogen (secondary N) is 2. The van der Waals surface area contributed by atoms with E-state index >= 15 is 0 Å². The lowest BCUT2D eigenvalue weighted by molar-refractivity contribution is -0.150. The highest BCUT2D eigenvalue weighted by Gasteiger charge is 2.55. The molecule has 0 radical (unpaired) electrons. The Bertz CT molecular complexity index is 1490. The number of aliphatic carboxylic acids is 1. The van der Waals surface area contributed by atoms with Crippen LogP contribution in [-0.4, -0.2) is 88.9 Å². The number of oxime groups is 1. The van der Waals surface area contributed by atoms with Crippen molar-refractivity contribution in [2.75, 3.05) is 18.6 Å². The number of carboxylic acids is 1. The molecular weight excluding hydrogens is 609 g/mol. The molecule has 202 valence electrons. The third kappa shape index (κ3) is 5.57. The average molecular weight is 625 g/mol. The molecule has 1 saturated heterocycles. The van der Waals surface area contributed by atoms with Crippen molar-refractivity contribution < 1.29 is 24.3 Å². The van der Waals surface area contributed by atoms with Crippen molar-refractivity contribution in [1.29, 1.82) is 10.7 Å². The normalized spacial score (nSPS) is 19.4. The number of thioether (sulfide) groups is 2. The zero-order valence-corrected chi connectivity index (χ0v) is 23.6. The minimum absolute atomic E-state index is 0.0787. The maximum atomic E-state index is 13.1. The zero-order chi connectivity index (χ0) is 28.4. The molecule has 20 heteroatoms. The summed E-state index contributed by atoms with van der Waals surface area (Å²) in [5, 5.41) is 41.0. The summed E-state index contributed by atoms with van der Waals surface area (Å²) in [6.45, 7) is 0. The van der Waals surface area contributed by atoms with E-state index in [0.29, 0.717) is 4.34 Å². The lowest BCUT2D eigenvalue weighted by Crippen LogP contribution is -2.71. The van der Waals surface area contributed by atoms with Crippen LogP contribution < -0.4 is 16.8 Å². The number of amides is 2. The molecule has 7 N–H and O–H groups in total. The van der Waals surface area contributed by atoms with Gasteiger partial charge in [-0.2, -0.15) is 5.26 Å². The summed E-state index contributed by atoms with van der Waals surface area (Å²) in [4.78, 5) is 48.1. The number of nitriles is 1. The number of nitrogens with zero attached hydrogens (tertiary/aromatic N) is 6. The zero-order valence-electron chi connectivity index (χ0n) is 19.5. The highest BCUT2D eigenvalue weighted by Crippen LogP contribution is 2.42. The molecule has 0 bridgehead atoms. The number of nitrogen functional groups attached to an aromatic ring is 1. The van der Waals surface area contributed by atoms with E-state index in [4.69, 9.17) is 39.2 Å². The van der Waals surface area contributed by atoms with Crippen molar-refractivity contribution in [3.63, 3.8) is 0 Å². The summed E-state index contributed by atoms with van der Waals surface area (Å²) in [6.07, 6.45) is 0. The van der Waals surface area contributed by atoms with Gasteiger partial charge in [0.25, 0.3) is 11.8 Å². The van der Waals surface area contributed by atoms with Gasteiger partial charge >= 0.3 is 5.97 Å². The van der Waals surface area contributed by atoms with Gasteiger partial charge in [-0.3, -0.25) is 19.9 Å². The largest absolute Gasteiger partial charge is 0.477 e. The van der Waals surface area contributed by atoms with Crippen LogP contribution in [-0.2, 0) is 19.2 Å². The van der Waals surface area contributed by atoms with Crippen LogP contribution in [0.25, 0.3) is 0 Å². The molecule has 1 fully saturated rings. The Morgan fingerprint density at radius 1 is 1.49 bits per heavy atom. The predicted octanol–water partition coefficient (Wildman–Crippen LogP) is 0.00435. The van der Waals surface area contributed by atoms with Gasteiger partial charge in [-0.25, -0.2) is 9.78 Å². The molecule has 2 aromatic heterocycles. The van der Waals surface area contributed by atoms with E-state index in [1.54, 1.807) is 0 Å². The molecule has 15 nitrogen and oxygen atoms in total. The summed E-state index contributed by atoms with van der Waals surface area (Å²) in [5.74, 6) is -3.01. The third-order valence-electron chi connectivity index (χ3n) is 5.11. The molecule has 4 rings (SSSR count). The van der Waals surface area contributed by atoms with Crippen molar-refractivity contribution in [2.45, 2.75) is 21.0 Å². The summed E-state index contributed by atoms with van der Waals surface area (Å²) in [5.41, 5.74) is 10.9. The Morgan fingerprint density at radius 3 is 2.82 bits per heavy atom. The summed E-state index contributed by atoms with van der Waals surface area (Å²) in [7, 11) is 1.25. The standard InChI is InChI=1S/C19H16N10O5S5/c1-34-28-8(6-4-37-18(23)24-6)13(30)25-9-15(31)29-10(17(32)33)5(3-36-16(9)29)11(35)14-26-27-19(39-14)38-7(2-20)12(21)22/h4,7,9,16H,3H2,1H3,(H3,21,22)(H2,23,24)(H,25,30)(H,32,33)/b28-8-/t7?,9-,16+/m1/s1. The number of carbonyl (C=O) groups excluding carboxylic acids is 2. The molecule has 2 amide bonds. The number of β-lactam (4-membered cyclic amide) rings is 1. The Labute approximate surface area is 241 Å². The first-order valence-corrected chi connectivity index (χ1v) is 14.4. The van der Waals surface area contributed by atoms with Gasteiger partial charge in [-0.05, 0) is 0 Å². The summed E-state index contributed by atoms with van der Waals surface area (Å²) in [6, 6.07) is 0.833. The smallest absolute Gasteiger partial charge is 0.353 e. The summed E-state index contributed by atoms with van der Waals surface area (Å²) >= 11 is 9.72. The second-order valence-corrected chi connectivity index (χ2v) is 12.2. The average Bonchev–Trinajstić information content (AvgIpc) is 3.56. The van der Waals surface area contributed by atoms with E-state index in [0.717, 1.165) is 39.3 Å². The molecule has 0 spiro atoms. The van der Waals surface area contributed by atoms with Crippen LogP contribution in [0.2, 0.25) is 0 Å². The number of nitrogens with two attached hydrogens (primary N) is 2. The van der Waals surface area contributed by atoms with Gasteiger partial charge in [0.05, 0.1) is 10.9 Å². The van der Waals surface area contributed by atoms with Gasteiger partial charge in [-0.15, -0.1) is 33.3 Å². The monoisotopic (exact) mass is 624 g/mol. The van der Waals surface area contributed by atoms with Gasteiger partial charge in [0, 0.05) is 16.7 Å². The number of carbonyl (C=O) groups is 3. The van der Waals surface area contributed by atoms with Crippen molar-refractivity contribution in [1.82, 2.24) is 25.4 Å². The first kappa shape index (κ1) is 28.4. The number of hydrogen-bond acceptors (Lipinski definition) is 16. The van der Waals surface area contributed by atoms with Crippen LogP contribution >= 0.6 is 58.4 Å². The van der Waals surface area contributed by atoms with Gasteiger partial charge < -0.3 is 26.7 Å². The molecule has 3 atom stereocenters. The number of aromatic nitrogens is 3. The number of rotatable bonds is 10. The van der Waals surface area contributed by atoms with E-state index in [1.807, 2.05) is 6.07 Å². The van der Waals surface area contributed by atoms with Crippen LogP contribution in [0.15, 0.2) is 26.1 Å². The number of carboxylic acid groups (broad SMARTS) is 1. The number of fused-ring (bicyclic) bond motifs is 1. The molecule has 2 aliphatic rings. The van der Waals surface area contributed by atoms with Gasteiger partial charge in [0.1, 0.15) is 35.8 Å². The fraction of sp³-hybridized carbons (Fsp3) is 0.263. The minimum atomic E-state index is -1.38. The molecule has 0 saturated carbocycles. The molecule has 39 heavy (non-hydrogen) atoms. The van der Waals surface area contributed by atoms with E-state index < -0.39 is 34.4 Å². The highest BCUT2D eigenvalue weighted by molar-refractivity contribution is 8.02. The van der Waals surface area contributed by atoms with Crippen LogP contribution in [0, 0.1) is 16.7 Å². The van der Waals surface area contributed by atoms with Gasteiger partial charge in [0.15, 0.2) is 25.4 Å². The Kier molecular flexibility index (Phi) is 8.45. The van der Waals surface area contributed by atoms with Crippen molar-refractivity contribution in [2.24, 2.45) is 10.9 Å². The van der Waals surface area contributed by atoms with Gasteiger partial charge in [-0.1, -0.05) is 40.5 Å². The lowest BCUT2D eigenvalue weighted by atomic mass is 10.0. The van der Waals surface area contributed by atoms with Gasteiger partial charge in [0.2, 0.25) is 0 Å². The van der Waals surface area contributed by atoms with Crippen molar-refractivity contribution >= 4 is 97.7 Å². The van der Waals surface area contributed by atoms with Crippen LogP contribution in [0.3, 0.4) is 0 Å². The topological polar surface area (TPSA) is 247 Å². The van der Waals surface area contributed by atoms with Crippen LogP contribution in [0.5, 0.6) is 0 Å². The second kappa shape index (κ2) is 11.6. The SMILES string of the molecule is CO/N=C(\C(=O)N[C@@H]1C(=O)N2C(C(=O)O)=C(C(=S)c3nnc(SC(C#N)C(=N)N)s3)CS[C@@H]12)c1csc(N)n1. The maximum Gasteiger partial charge on any atom is 0.353 e. The number of amidine groups is 1. The fourth-order valence-electron chi connectivity index (χ4n) is 3.43. The summed E-state index contributed by atoms with van der Waals surface area (Å²) < 4.78 is 0.311. The molecular formula is C19H16N10O5S5. The molecule has 1 unspecified atom stereocenters. The molecule has 2 aromatic rings. The minimum Gasteiger partial charge on any atom is -0.477 e. The molecule has 2 aliphatic heterocycles. The maximum absolute atomic E-state index is 13.1. The first-order chi connectivity index (χ1) is 18.6. The van der Waals surface area contributed by atoms with E-state index in [9.17, 15) is 19.5 Å².